The summed E-state index contributed by atoms with van der Waals surface area (Å²) in [5, 5.41) is 9.09. The Labute approximate surface area is 100.0 Å². The molecule has 4 heteroatoms. The second-order valence-corrected chi connectivity index (χ2v) is 4.85. The third-order valence-electron chi connectivity index (χ3n) is 2.95. The maximum atomic E-state index is 11.2. The van der Waals surface area contributed by atoms with Crippen LogP contribution in [0.2, 0.25) is 0 Å². The van der Waals surface area contributed by atoms with Crippen molar-refractivity contribution < 1.29 is 9.53 Å². The molecule has 1 aliphatic rings. The minimum absolute atomic E-state index is 0.271. The smallest absolute Gasteiger partial charge is 0.248 e. The minimum Gasteiger partial charge on any atom is -0.486 e. The van der Waals surface area contributed by atoms with Crippen molar-refractivity contribution >= 4 is 5.91 Å². The van der Waals surface area contributed by atoms with Gasteiger partial charge in [0.2, 0.25) is 5.91 Å². The van der Waals surface area contributed by atoms with Crippen molar-refractivity contribution in [3.05, 3.63) is 28.8 Å². The molecule has 0 bridgehead atoms. The molecule has 1 amide bonds. The van der Waals surface area contributed by atoms with Gasteiger partial charge in [-0.05, 0) is 44.4 Å². The number of ether oxygens (including phenoxy) is 1. The maximum Gasteiger partial charge on any atom is 0.248 e. The molecule has 0 atom stereocenters. The van der Waals surface area contributed by atoms with Crippen molar-refractivity contribution in [1.29, 1.82) is 5.26 Å². The third kappa shape index (κ3) is 2.09. The van der Waals surface area contributed by atoms with Crippen LogP contribution in [0.15, 0.2) is 12.1 Å². The van der Waals surface area contributed by atoms with Crippen LogP contribution in [-0.4, -0.2) is 11.5 Å². The number of fused-ring (bicyclic) bond motifs is 1. The summed E-state index contributed by atoms with van der Waals surface area (Å²) in [6.07, 6.45) is 1.64. The van der Waals surface area contributed by atoms with Crippen LogP contribution in [0.5, 0.6) is 5.75 Å². The van der Waals surface area contributed by atoms with E-state index in [9.17, 15) is 4.79 Å². The molecule has 1 aliphatic heterocycles. The molecular formula is C13H14N2O2. The number of nitriles is 1. The average Bonchev–Trinajstić information content (AvgIpc) is 2.26. The van der Waals surface area contributed by atoms with Crippen molar-refractivity contribution in [3.8, 4) is 11.8 Å². The highest BCUT2D eigenvalue weighted by Gasteiger charge is 2.29. The van der Waals surface area contributed by atoms with Gasteiger partial charge in [0.25, 0.3) is 0 Å². The lowest BCUT2D eigenvalue weighted by Gasteiger charge is -2.33. The van der Waals surface area contributed by atoms with Crippen molar-refractivity contribution in [2.24, 2.45) is 5.73 Å². The summed E-state index contributed by atoms with van der Waals surface area (Å²) < 4.78 is 5.80. The Hall–Kier alpha value is -2.02. The molecule has 0 saturated carbocycles. The Morgan fingerprint density at radius 3 is 2.82 bits per heavy atom. The number of primary amides is 1. The topological polar surface area (TPSA) is 76.1 Å². The number of benzene rings is 1. The fourth-order valence-electron chi connectivity index (χ4n) is 1.98. The van der Waals surface area contributed by atoms with Gasteiger partial charge in [-0.25, -0.2) is 0 Å². The average molecular weight is 230 g/mol. The van der Waals surface area contributed by atoms with E-state index < -0.39 is 5.91 Å². The maximum absolute atomic E-state index is 11.2. The standard InChI is InChI=1S/C13H14N2O2/c1-13(2)4-3-8-5-9(12(15)16)6-10(7-14)11(8)17-13/h5-6H,3-4H2,1-2H3,(H2,15,16). The van der Waals surface area contributed by atoms with Crippen LogP contribution in [0.4, 0.5) is 0 Å². The summed E-state index contributed by atoms with van der Waals surface area (Å²) >= 11 is 0. The van der Waals surface area contributed by atoms with Crippen molar-refractivity contribution in [3.63, 3.8) is 0 Å². The van der Waals surface area contributed by atoms with Gasteiger partial charge >= 0.3 is 0 Å². The molecule has 0 unspecified atom stereocenters. The quantitative estimate of drug-likeness (QED) is 0.798. The Morgan fingerprint density at radius 2 is 2.24 bits per heavy atom. The van der Waals surface area contributed by atoms with Crippen LogP contribution >= 0.6 is 0 Å². The van der Waals surface area contributed by atoms with E-state index in [1.165, 1.54) is 6.07 Å². The predicted molar refractivity (Wildman–Crippen MR) is 62.7 cm³/mol. The SMILES string of the molecule is CC1(C)CCc2cc(C(N)=O)cc(C#N)c2O1. The van der Waals surface area contributed by atoms with Crippen LogP contribution in [0.25, 0.3) is 0 Å². The molecule has 1 aromatic carbocycles. The molecule has 2 N–H and O–H groups in total. The van der Waals surface area contributed by atoms with E-state index in [0.717, 1.165) is 18.4 Å². The fourth-order valence-corrected chi connectivity index (χ4v) is 1.98. The van der Waals surface area contributed by atoms with E-state index >= 15 is 0 Å². The molecule has 0 aromatic heterocycles. The number of nitrogens with zero attached hydrogens (tertiary/aromatic N) is 1. The van der Waals surface area contributed by atoms with E-state index in [1.807, 2.05) is 13.8 Å². The van der Waals surface area contributed by atoms with E-state index in [0.29, 0.717) is 16.9 Å². The van der Waals surface area contributed by atoms with E-state index in [-0.39, 0.29) is 5.60 Å². The Balaban J connectivity index is 2.56. The number of hydrogen-bond donors (Lipinski definition) is 1. The first-order valence-corrected chi connectivity index (χ1v) is 5.49. The van der Waals surface area contributed by atoms with Crippen LogP contribution in [-0.2, 0) is 6.42 Å². The normalized spacial score (nSPS) is 16.5. The number of rotatable bonds is 1. The number of amides is 1. The second-order valence-electron chi connectivity index (χ2n) is 4.85. The Kier molecular flexibility index (Phi) is 2.55. The fraction of sp³-hybridized carbons (Fsp3) is 0.385. The molecule has 0 aliphatic carbocycles. The van der Waals surface area contributed by atoms with Gasteiger partial charge in [-0.2, -0.15) is 5.26 Å². The lowest BCUT2D eigenvalue weighted by molar-refractivity contribution is 0.0841. The lowest BCUT2D eigenvalue weighted by Crippen LogP contribution is -2.33. The highest BCUT2D eigenvalue weighted by molar-refractivity contribution is 5.93. The molecule has 0 fully saturated rings. The largest absolute Gasteiger partial charge is 0.486 e. The van der Waals surface area contributed by atoms with Crippen molar-refractivity contribution in [2.75, 3.05) is 0 Å². The number of carbonyl (C=O) groups excluding carboxylic acids is 1. The van der Waals surface area contributed by atoms with Crippen LogP contribution in [0.1, 0.15) is 41.8 Å². The molecular weight excluding hydrogens is 216 g/mol. The minimum atomic E-state index is -0.519. The van der Waals surface area contributed by atoms with Gasteiger partial charge in [-0.1, -0.05) is 0 Å². The zero-order valence-corrected chi connectivity index (χ0v) is 9.91. The number of aryl methyl sites for hydroxylation is 1. The molecule has 1 heterocycles. The van der Waals surface area contributed by atoms with Gasteiger partial charge in [-0.15, -0.1) is 0 Å². The Bertz CT molecular complexity index is 527. The van der Waals surface area contributed by atoms with Crippen LogP contribution < -0.4 is 10.5 Å². The summed E-state index contributed by atoms with van der Waals surface area (Å²) in [5.74, 6) is 0.0721. The highest BCUT2D eigenvalue weighted by atomic mass is 16.5. The summed E-state index contributed by atoms with van der Waals surface area (Å²) in [4.78, 5) is 11.2. The molecule has 2 rings (SSSR count). The number of hydrogen-bond acceptors (Lipinski definition) is 3. The van der Waals surface area contributed by atoms with Gasteiger partial charge in [0, 0.05) is 5.56 Å². The second kappa shape index (κ2) is 3.77. The van der Waals surface area contributed by atoms with Crippen LogP contribution in [0.3, 0.4) is 0 Å². The third-order valence-corrected chi connectivity index (χ3v) is 2.95. The molecule has 1 aromatic rings. The molecule has 0 saturated heterocycles. The first-order valence-electron chi connectivity index (χ1n) is 5.49. The van der Waals surface area contributed by atoms with Crippen LogP contribution in [0, 0.1) is 11.3 Å². The number of carbonyl (C=O) groups is 1. The van der Waals surface area contributed by atoms with Gasteiger partial charge in [0.15, 0.2) is 0 Å². The van der Waals surface area contributed by atoms with Gasteiger partial charge in [0.1, 0.15) is 17.4 Å². The summed E-state index contributed by atoms with van der Waals surface area (Å²) in [6.45, 7) is 3.97. The van der Waals surface area contributed by atoms with Gasteiger partial charge in [0.05, 0.1) is 5.56 Å². The number of nitrogens with two attached hydrogens (primary N) is 1. The summed E-state index contributed by atoms with van der Waals surface area (Å²) in [5.41, 5.74) is 6.59. The van der Waals surface area contributed by atoms with E-state index in [4.69, 9.17) is 15.7 Å². The molecule has 88 valence electrons. The monoisotopic (exact) mass is 230 g/mol. The molecule has 0 radical (unpaired) electrons. The van der Waals surface area contributed by atoms with Crippen molar-refractivity contribution in [2.45, 2.75) is 32.3 Å². The highest BCUT2D eigenvalue weighted by Crippen LogP contribution is 2.36. The van der Waals surface area contributed by atoms with Gasteiger partial charge < -0.3 is 10.5 Å². The van der Waals surface area contributed by atoms with Gasteiger partial charge in [-0.3, -0.25) is 4.79 Å². The van der Waals surface area contributed by atoms with Crippen molar-refractivity contribution in [1.82, 2.24) is 0 Å². The zero-order valence-electron chi connectivity index (χ0n) is 9.91. The zero-order chi connectivity index (χ0) is 12.6. The van der Waals surface area contributed by atoms with E-state index in [2.05, 4.69) is 6.07 Å². The first kappa shape index (κ1) is 11.5. The lowest BCUT2D eigenvalue weighted by atomic mass is 9.91. The molecule has 4 nitrogen and oxygen atoms in total. The first-order chi connectivity index (χ1) is 7.93. The molecule has 0 spiro atoms. The summed E-state index contributed by atoms with van der Waals surface area (Å²) in [7, 11) is 0. The Morgan fingerprint density at radius 1 is 1.53 bits per heavy atom. The summed E-state index contributed by atoms with van der Waals surface area (Å²) in [6, 6.07) is 5.26. The van der Waals surface area contributed by atoms with E-state index in [1.54, 1.807) is 6.07 Å². The predicted octanol–water partition coefficient (Wildman–Crippen LogP) is 1.76. The molecule has 17 heavy (non-hydrogen) atoms.